The predicted octanol–water partition coefficient (Wildman–Crippen LogP) is 11.6. The van der Waals surface area contributed by atoms with E-state index >= 15 is 0 Å². The molecular formula is C44H33N3. The van der Waals surface area contributed by atoms with Gasteiger partial charge >= 0.3 is 0 Å². The first-order chi connectivity index (χ1) is 23.2. The first kappa shape index (κ1) is 27.4. The quantitative estimate of drug-likeness (QED) is 0.192. The Hall–Kier alpha value is -5.93. The van der Waals surface area contributed by atoms with Gasteiger partial charge in [-0.1, -0.05) is 103 Å². The predicted molar refractivity (Wildman–Crippen MR) is 198 cm³/mol. The number of para-hydroxylation sites is 2. The molecule has 0 atom stereocenters. The van der Waals surface area contributed by atoms with Gasteiger partial charge in [0, 0.05) is 27.7 Å². The molecule has 0 saturated heterocycles. The molecule has 0 aliphatic heterocycles. The molecular weight excluding hydrogens is 571 g/mol. The van der Waals surface area contributed by atoms with E-state index in [2.05, 4.69) is 174 Å². The molecule has 2 aromatic heterocycles. The monoisotopic (exact) mass is 603 g/mol. The van der Waals surface area contributed by atoms with Gasteiger partial charge in [0.1, 0.15) is 5.82 Å². The number of hydrogen-bond acceptors (Lipinski definition) is 1. The molecule has 0 unspecified atom stereocenters. The third kappa shape index (κ3) is 4.71. The van der Waals surface area contributed by atoms with E-state index < -0.39 is 0 Å². The first-order valence-electron chi connectivity index (χ1n) is 16.4. The molecule has 6 aromatic carbocycles. The Labute approximate surface area is 274 Å². The third-order valence-electron chi connectivity index (χ3n) is 9.46. The minimum atomic E-state index is 0.985. The molecule has 0 amide bonds. The summed E-state index contributed by atoms with van der Waals surface area (Å²) >= 11 is 0. The number of nitrogens with zero attached hydrogens (tertiary/aromatic N) is 3. The Kier molecular flexibility index (Phi) is 6.50. The van der Waals surface area contributed by atoms with Crippen molar-refractivity contribution in [1.82, 2.24) is 14.1 Å². The van der Waals surface area contributed by atoms with Gasteiger partial charge in [-0.25, -0.2) is 4.98 Å². The smallest absolute Gasteiger partial charge is 0.145 e. The van der Waals surface area contributed by atoms with Crippen LogP contribution in [0.15, 0.2) is 158 Å². The average molecular weight is 604 g/mol. The van der Waals surface area contributed by atoms with Gasteiger partial charge in [-0.15, -0.1) is 0 Å². The van der Waals surface area contributed by atoms with Gasteiger partial charge in [0.15, 0.2) is 0 Å². The standard InChI is InChI=1S/C44H33N3/c1-30-19-23-37(24-20-30)46-41-25-21-33(31-11-4-2-5-12-31)28-38(41)39-29-34(22-26-42(39)46)32-13-10-14-35(27-32)44-45-40-17-8-9-18-43(40)47(44)36-15-6-3-7-16-36/h2-6,8-15,17-29H,7,16H2,1H3. The van der Waals surface area contributed by atoms with E-state index in [1.807, 2.05) is 0 Å². The Balaban J connectivity index is 1.23. The van der Waals surface area contributed by atoms with Gasteiger partial charge < -0.3 is 4.57 Å². The van der Waals surface area contributed by atoms with Crippen molar-refractivity contribution in [2.75, 3.05) is 0 Å². The molecule has 3 nitrogen and oxygen atoms in total. The van der Waals surface area contributed by atoms with Crippen LogP contribution in [0.4, 0.5) is 0 Å². The van der Waals surface area contributed by atoms with Crippen LogP contribution in [0, 0.1) is 6.92 Å². The van der Waals surface area contributed by atoms with Crippen LogP contribution in [0.3, 0.4) is 0 Å². The summed E-state index contributed by atoms with van der Waals surface area (Å²) in [7, 11) is 0. The zero-order valence-corrected chi connectivity index (χ0v) is 26.3. The minimum absolute atomic E-state index is 0.985. The summed E-state index contributed by atoms with van der Waals surface area (Å²) in [6.07, 6.45) is 8.67. The molecule has 8 aromatic rings. The zero-order chi connectivity index (χ0) is 31.3. The molecule has 0 bridgehead atoms. The van der Waals surface area contributed by atoms with Crippen molar-refractivity contribution in [3.8, 4) is 39.3 Å². The summed E-state index contributed by atoms with van der Waals surface area (Å²) < 4.78 is 4.75. The third-order valence-corrected chi connectivity index (χ3v) is 9.46. The molecule has 3 heteroatoms. The van der Waals surface area contributed by atoms with Crippen LogP contribution in [0.25, 0.3) is 77.9 Å². The van der Waals surface area contributed by atoms with Crippen LogP contribution < -0.4 is 0 Å². The second-order valence-electron chi connectivity index (χ2n) is 12.5. The average Bonchev–Trinajstić information content (AvgIpc) is 3.68. The van der Waals surface area contributed by atoms with Gasteiger partial charge in [-0.3, -0.25) is 4.57 Å². The number of allylic oxidation sites excluding steroid dienone is 4. The second kappa shape index (κ2) is 11.1. The largest absolute Gasteiger partial charge is 0.309 e. The van der Waals surface area contributed by atoms with Gasteiger partial charge in [0.2, 0.25) is 0 Å². The van der Waals surface area contributed by atoms with Gasteiger partial charge in [0.25, 0.3) is 0 Å². The van der Waals surface area contributed by atoms with Gasteiger partial charge in [0.05, 0.1) is 22.1 Å². The molecule has 1 aliphatic carbocycles. The van der Waals surface area contributed by atoms with Crippen molar-refractivity contribution in [1.29, 1.82) is 0 Å². The molecule has 1 aliphatic rings. The Morgan fingerprint density at radius 2 is 1.19 bits per heavy atom. The summed E-state index contributed by atoms with van der Waals surface area (Å²) in [6, 6.07) is 50.6. The molecule has 0 fully saturated rings. The van der Waals surface area contributed by atoms with Crippen molar-refractivity contribution in [2.24, 2.45) is 0 Å². The van der Waals surface area contributed by atoms with E-state index in [0.29, 0.717) is 0 Å². The number of fused-ring (bicyclic) bond motifs is 4. The van der Waals surface area contributed by atoms with Crippen molar-refractivity contribution in [3.05, 3.63) is 163 Å². The van der Waals surface area contributed by atoms with Crippen LogP contribution in [-0.2, 0) is 0 Å². The zero-order valence-electron chi connectivity index (χ0n) is 26.3. The highest BCUT2D eigenvalue weighted by Gasteiger charge is 2.18. The van der Waals surface area contributed by atoms with Crippen LogP contribution in [0.1, 0.15) is 18.4 Å². The Morgan fingerprint density at radius 3 is 1.94 bits per heavy atom. The maximum Gasteiger partial charge on any atom is 0.145 e. The van der Waals surface area contributed by atoms with Crippen molar-refractivity contribution >= 4 is 38.5 Å². The van der Waals surface area contributed by atoms with Crippen LogP contribution >= 0.6 is 0 Å². The molecule has 2 heterocycles. The Morgan fingerprint density at radius 1 is 0.532 bits per heavy atom. The minimum Gasteiger partial charge on any atom is -0.309 e. The number of aryl methyl sites for hydroxylation is 1. The molecule has 0 saturated carbocycles. The summed E-state index contributed by atoms with van der Waals surface area (Å²) in [5.41, 5.74) is 14.2. The fourth-order valence-corrected chi connectivity index (χ4v) is 7.11. The van der Waals surface area contributed by atoms with Crippen LogP contribution in [0.5, 0.6) is 0 Å². The normalized spacial score (nSPS) is 13.1. The van der Waals surface area contributed by atoms with Crippen molar-refractivity contribution in [2.45, 2.75) is 19.8 Å². The SMILES string of the molecule is Cc1ccc(-n2c3ccc(-c4ccccc4)cc3c3cc(-c4cccc(-c5nc6ccccc6n5C5=CC=CCC5)c4)ccc32)cc1. The van der Waals surface area contributed by atoms with E-state index in [-0.39, 0.29) is 0 Å². The number of rotatable bonds is 5. The van der Waals surface area contributed by atoms with Gasteiger partial charge in [-0.05, 0) is 103 Å². The molecule has 47 heavy (non-hydrogen) atoms. The molecule has 0 spiro atoms. The van der Waals surface area contributed by atoms with E-state index in [9.17, 15) is 0 Å². The summed E-state index contributed by atoms with van der Waals surface area (Å²) in [5, 5.41) is 2.49. The molecule has 224 valence electrons. The highest BCUT2D eigenvalue weighted by molar-refractivity contribution is 6.11. The highest BCUT2D eigenvalue weighted by Crippen LogP contribution is 2.38. The molecule has 0 radical (unpaired) electrons. The van der Waals surface area contributed by atoms with Crippen LogP contribution in [-0.4, -0.2) is 14.1 Å². The molecule has 0 N–H and O–H groups in total. The van der Waals surface area contributed by atoms with E-state index in [1.165, 1.54) is 61.0 Å². The van der Waals surface area contributed by atoms with Crippen molar-refractivity contribution in [3.63, 3.8) is 0 Å². The number of benzene rings is 6. The highest BCUT2D eigenvalue weighted by atomic mass is 15.1. The lowest BCUT2D eigenvalue weighted by atomic mass is 9.99. The van der Waals surface area contributed by atoms with Gasteiger partial charge in [-0.2, -0.15) is 0 Å². The topological polar surface area (TPSA) is 22.8 Å². The Bertz CT molecular complexity index is 2510. The van der Waals surface area contributed by atoms with E-state index in [0.717, 1.165) is 35.3 Å². The fraction of sp³-hybridized carbons (Fsp3) is 0.0682. The summed E-state index contributed by atoms with van der Waals surface area (Å²) in [4.78, 5) is 5.16. The maximum absolute atomic E-state index is 5.16. The summed E-state index contributed by atoms with van der Waals surface area (Å²) in [5.74, 6) is 0.985. The van der Waals surface area contributed by atoms with Crippen molar-refractivity contribution < 1.29 is 0 Å². The lowest BCUT2D eigenvalue weighted by Crippen LogP contribution is -2.01. The number of hydrogen-bond donors (Lipinski definition) is 0. The lowest BCUT2D eigenvalue weighted by molar-refractivity contribution is 0.960. The van der Waals surface area contributed by atoms with Crippen LogP contribution in [0.2, 0.25) is 0 Å². The fourth-order valence-electron chi connectivity index (χ4n) is 7.11. The molecule has 9 rings (SSSR count). The van der Waals surface area contributed by atoms with E-state index in [4.69, 9.17) is 4.98 Å². The number of imidazole rings is 1. The number of aromatic nitrogens is 3. The second-order valence-corrected chi connectivity index (χ2v) is 12.5. The summed E-state index contributed by atoms with van der Waals surface area (Å²) in [6.45, 7) is 2.14. The lowest BCUT2D eigenvalue weighted by Gasteiger charge is -2.15. The van der Waals surface area contributed by atoms with E-state index in [1.54, 1.807) is 0 Å². The first-order valence-corrected chi connectivity index (χ1v) is 16.4. The maximum atomic E-state index is 5.16.